The molecule has 0 spiro atoms. The van der Waals surface area contributed by atoms with E-state index in [1.54, 1.807) is 0 Å². The minimum atomic E-state index is 0.533. The van der Waals surface area contributed by atoms with Crippen molar-refractivity contribution >= 4 is 5.82 Å². The Kier molecular flexibility index (Phi) is 7.43. The van der Waals surface area contributed by atoms with Gasteiger partial charge in [0.05, 0.1) is 18.1 Å². The molecule has 4 heteroatoms. The van der Waals surface area contributed by atoms with Crippen LogP contribution in [0.4, 0.5) is 5.82 Å². The molecule has 0 aliphatic heterocycles. The van der Waals surface area contributed by atoms with E-state index in [2.05, 4.69) is 68.3 Å². The molecule has 1 heterocycles. The Labute approximate surface area is 198 Å². The van der Waals surface area contributed by atoms with Crippen molar-refractivity contribution in [2.24, 2.45) is 0 Å². The average molecular weight is 442 g/mol. The highest BCUT2D eigenvalue weighted by atomic mass is 16.5. The highest BCUT2D eigenvalue weighted by Crippen LogP contribution is 2.32. The molecule has 33 heavy (non-hydrogen) atoms. The van der Waals surface area contributed by atoms with Gasteiger partial charge in [0.25, 0.3) is 0 Å². The molecule has 1 aromatic heterocycles. The topological polar surface area (TPSA) is 47.0 Å². The van der Waals surface area contributed by atoms with Gasteiger partial charge in [-0.3, -0.25) is 4.98 Å². The highest BCUT2D eigenvalue weighted by molar-refractivity contribution is 5.75. The van der Waals surface area contributed by atoms with Gasteiger partial charge in [0, 0.05) is 11.6 Å². The quantitative estimate of drug-likeness (QED) is 0.385. The van der Waals surface area contributed by atoms with E-state index in [1.807, 2.05) is 24.5 Å². The van der Waals surface area contributed by atoms with Crippen LogP contribution in [0.3, 0.4) is 0 Å². The Hall–Kier alpha value is -3.14. The van der Waals surface area contributed by atoms with E-state index >= 15 is 0 Å². The fourth-order valence-electron chi connectivity index (χ4n) is 4.44. The van der Waals surface area contributed by atoms with Crippen LogP contribution in [-0.2, 0) is 0 Å². The minimum Gasteiger partial charge on any atom is -0.490 e. The maximum Gasteiger partial charge on any atom is 0.144 e. The summed E-state index contributed by atoms with van der Waals surface area (Å²) in [5, 5.41) is 3.55. The lowest BCUT2D eigenvalue weighted by molar-refractivity contribution is 0.362. The van der Waals surface area contributed by atoms with Crippen molar-refractivity contribution in [3.63, 3.8) is 0 Å². The summed E-state index contributed by atoms with van der Waals surface area (Å²) in [6, 6.07) is 13.4. The first-order valence-electron chi connectivity index (χ1n) is 12.1. The van der Waals surface area contributed by atoms with Crippen LogP contribution in [0.15, 0.2) is 60.4 Å². The molecule has 1 fully saturated rings. The van der Waals surface area contributed by atoms with Crippen molar-refractivity contribution in [2.45, 2.75) is 65.8 Å². The molecule has 4 nitrogen and oxygen atoms in total. The third-order valence-corrected chi connectivity index (χ3v) is 6.36. The van der Waals surface area contributed by atoms with Crippen LogP contribution < -0.4 is 10.1 Å². The second-order valence-corrected chi connectivity index (χ2v) is 9.37. The Morgan fingerprint density at radius 3 is 2.30 bits per heavy atom. The largest absolute Gasteiger partial charge is 0.490 e. The van der Waals surface area contributed by atoms with E-state index in [0.29, 0.717) is 12.6 Å². The number of nitrogens with one attached hydrogen (secondary N) is 1. The smallest absolute Gasteiger partial charge is 0.144 e. The number of aromatic nitrogens is 2. The normalized spacial score (nSPS) is 14.1. The molecule has 172 valence electrons. The first kappa shape index (κ1) is 23.0. The first-order valence-corrected chi connectivity index (χ1v) is 12.1. The van der Waals surface area contributed by atoms with Gasteiger partial charge in [-0.2, -0.15) is 0 Å². The molecule has 0 bridgehead atoms. The molecule has 0 unspecified atom stereocenters. The molecule has 1 aliphatic rings. The minimum absolute atomic E-state index is 0.533. The number of aryl methyl sites for hydroxylation is 2. The zero-order chi connectivity index (χ0) is 23.2. The summed E-state index contributed by atoms with van der Waals surface area (Å²) in [4.78, 5) is 9.38. The molecular weight excluding hydrogens is 406 g/mol. The van der Waals surface area contributed by atoms with Crippen molar-refractivity contribution in [3.05, 3.63) is 71.6 Å². The van der Waals surface area contributed by atoms with E-state index in [1.165, 1.54) is 59.9 Å². The van der Waals surface area contributed by atoms with Crippen LogP contribution in [0.5, 0.6) is 5.75 Å². The van der Waals surface area contributed by atoms with Crippen molar-refractivity contribution in [2.75, 3.05) is 11.9 Å². The summed E-state index contributed by atoms with van der Waals surface area (Å²) in [5.74, 6) is 1.77. The maximum absolute atomic E-state index is 5.80. The standard InChI is InChI=1S/C29H35N3O/c1-20(2)14-15-33-25-12-10-23(11-13-25)26-16-22(4)27(17-21(26)3)28-18-31-29(19-30-28)32-24-8-6-5-7-9-24/h10-14,16-19,24H,5-9,15H2,1-4H3,(H,31,32). The van der Waals surface area contributed by atoms with Crippen LogP contribution >= 0.6 is 0 Å². The number of allylic oxidation sites excluding steroid dienone is 1. The molecule has 1 N–H and O–H groups in total. The van der Waals surface area contributed by atoms with E-state index in [-0.39, 0.29) is 0 Å². The van der Waals surface area contributed by atoms with Gasteiger partial charge in [0.15, 0.2) is 0 Å². The van der Waals surface area contributed by atoms with Gasteiger partial charge in [-0.15, -0.1) is 0 Å². The second-order valence-electron chi connectivity index (χ2n) is 9.37. The molecule has 1 saturated carbocycles. The monoisotopic (exact) mass is 441 g/mol. The Bertz CT molecular complexity index is 1090. The van der Waals surface area contributed by atoms with Crippen LogP contribution in [0, 0.1) is 13.8 Å². The number of anilines is 1. The molecule has 4 rings (SSSR count). The van der Waals surface area contributed by atoms with Crippen LogP contribution in [0.2, 0.25) is 0 Å². The SMILES string of the molecule is CC(C)=CCOc1ccc(-c2cc(C)c(-c3cnc(NC4CCCCC4)cn3)cc2C)cc1. The number of nitrogens with zero attached hydrogens (tertiary/aromatic N) is 2. The van der Waals surface area contributed by atoms with Crippen molar-refractivity contribution in [3.8, 4) is 28.1 Å². The number of hydrogen-bond acceptors (Lipinski definition) is 4. The molecular formula is C29H35N3O. The summed E-state index contributed by atoms with van der Waals surface area (Å²) >= 11 is 0. The van der Waals surface area contributed by atoms with E-state index in [4.69, 9.17) is 9.72 Å². The summed E-state index contributed by atoms with van der Waals surface area (Å²) in [5.41, 5.74) is 8.15. The zero-order valence-corrected chi connectivity index (χ0v) is 20.3. The lowest BCUT2D eigenvalue weighted by Crippen LogP contribution is -2.22. The summed E-state index contributed by atoms with van der Waals surface area (Å²) < 4.78 is 5.80. The van der Waals surface area contributed by atoms with Crippen molar-refractivity contribution < 1.29 is 4.74 Å². The van der Waals surface area contributed by atoms with Gasteiger partial charge < -0.3 is 10.1 Å². The average Bonchev–Trinajstić information content (AvgIpc) is 2.82. The Morgan fingerprint density at radius 1 is 0.939 bits per heavy atom. The summed E-state index contributed by atoms with van der Waals surface area (Å²) in [7, 11) is 0. The molecule has 0 amide bonds. The molecule has 3 aromatic rings. The van der Waals surface area contributed by atoms with Crippen molar-refractivity contribution in [1.29, 1.82) is 0 Å². The predicted octanol–water partition coefficient (Wildman–Crippen LogP) is 7.52. The number of ether oxygens (including phenoxy) is 1. The van der Waals surface area contributed by atoms with Crippen LogP contribution in [0.1, 0.15) is 57.1 Å². The number of benzene rings is 2. The lowest BCUT2D eigenvalue weighted by Gasteiger charge is -2.23. The van der Waals surface area contributed by atoms with Crippen LogP contribution in [0.25, 0.3) is 22.4 Å². The van der Waals surface area contributed by atoms with Gasteiger partial charge >= 0.3 is 0 Å². The van der Waals surface area contributed by atoms with E-state index < -0.39 is 0 Å². The number of rotatable bonds is 7. The van der Waals surface area contributed by atoms with Crippen LogP contribution in [-0.4, -0.2) is 22.6 Å². The summed E-state index contributed by atoms with van der Waals surface area (Å²) in [6.07, 6.45) is 12.3. The maximum atomic E-state index is 5.80. The zero-order valence-electron chi connectivity index (χ0n) is 20.3. The third-order valence-electron chi connectivity index (χ3n) is 6.36. The fraction of sp³-hybridized carbons (Fsp3) is 0.379. The van der Waals surface area contributed by atoms with Gasteiger partial charge in [0.2, 0.25) is 0 Å². The molecule has 0 atom stereocenters. The van der Waals surface area contributed by atoms with Gasteiger partial charge in [-0.05, 0) is 87.1 Å². The molecule has 0 radical (unpaired) electrons. The van der Waals surface area contributed by atoms with Gasteiger partial charge in [0.1, 0.15) is 18.2 Å². The predicted molar refractivity (Wildman–Crippen MR) is 138 cm³/mol. The molecule has 2 aromatic carbocycles. The van der Waals surface area contributed by atoms with Gasteiger partial charge in [-0.1, -0.05) is 43.0 Å². The highest BCUT2D eigenvalue weighted by Gasteiger charge is 2.14. The van der Waals surface area contributed by atoms with Crippen molar-refractivity contribution in [1.82, 2.24) is 9.97 Å². The molecule has 0 saturated heterocycles. The van der Waals surface area contributed by atoms with E-state index in [0.717, 1.165) is 22.8 Å². The Morgan fingerprint density at radius 2 is 1.64 bits per heavy atom. The molecule has 1 aliphatic carbocycles. The Balaban J connectivity index is 1.48. The third kappa shape index (κ3) is 6.01. The fourth-order valence-corrected chi connectivity index (χ4v) is 4.44. The summed E-state index contributed by atoms with van der Waals surface area (Å²) in [6.45, 7) is 9.06. The van der Waals surface area contributed by atoms with Gasteiger partial charge in [-0.25, -0.2) is 4.98 Å². The first-order chi connectivity index (χ1) is 16.0. The van der Waals surface area contributed by atoms with E-state index in [9.17, 15) is 0 Å². The second kappa shape index (κ2) is 10.7. The lowest BCUT2D eigenvalue weighted by atomic mass is 9.94. The number of hydrogen-bond donors (Lipinski definition) is 1.